The second kappa shape index (κ2) is 22.5. The first-order valence-corrected chi connectivity index (χ1v) is 29.0. The van der Waals surface area contributed by atoms with Gasteiger partial charge in [0.2, 0.25) is 0 Å². The molecule has 398 valence electrons. The van der Waals surface area contributed by atoms with Gasteiger partial charge in [-0.3, -0.25) is 0 Å². The summed E-state index contributed by atoms with van der Waals surface area (Å²) in [5, 5.41) is 2.46. The maximum absolute atomic E-state index is 14.1. The van der Waals surface area contributed by atoms with Crippen molar-refractivity contribution in [3.63, 3.8) is 0 Å². The quantitative estimate of drug-likeness (QED) is 0.0778. The van der Waals surface area contributed by atoms with Gasteiger partial charge in [0.15, 0.2) is 0 Å². The van der Waals surface area contributed by atoms with Crippen LogP contribution < -0.4 is 4.90 Å². The average Bonchev–Trinajstić information content (AvgIpc) is 4.14. The number of aromatic nitrogens is 1. The molecule has 2 unspecified atom stereocenters. The Balaban J connectivity index is 0.837. The zero-order valence-corrected chi connectivity index (χ0v) is 46.5. The van der Waals surface area contributed by atoms with Crippen LogP contribution in [0.25, 0.3) is 84.2 Å². The van der Waals surface area contributed by atoms with Crippen LogP contribution in [0, 0.1) is 11.7 Å². The van der Waals surface area contributed by atoms with E-state index in [-0.39, 0.29) is 11.2 Å². The minimum Gasteiger partial charge on any atom is -0.310 e. The topological polar surface area (TPSA) is 8.17 Å². The van der Waals surface area contributed by atoms with Crippen molar-refractivity contribution in [1.82, 2.24) is 4.57 Å². The van der Waals surface area contributed by atoms with E-state index in [0.29, 0.717) is 5.92 Å². The van der Waals surface area contributed by atoms with Crippen LogP contribution >= 0.6 is 0 Å². The molecule has 3 heteroatoms. The Morgan fingerprint density at radius 1 is 0.463 bits per heavy atom. The zero-order chi connectivity index (χ0) is 55.6. The summed E-state index contributed by atoms with van der Waals surface area (Å²) in [6.07, 6.45) is 10.5. The molecule has 0 aliphatic heterocycles. The molecule has 0 amide bonds. The van der Waals surface area contributed by atoms with Gasteiger partial charge in [-0.1, -0.05) is 240 Å². The third-order valence-corrected chi connectivity index (χ3v) is 17.4. The van der Waals surface area contributed by atoms with Crippen molar-refractivity contribution in [1.29, 1.82) is 0 Å². The number of unbranched alkanes of at least 4 members (excludes halogenated alkanes) is 1. The molecule has 0 radical (unpaired) electrons. The van der Waals surface area contributed by atoms with Crippen molar-refractivity contribution in [2.45, 2.75) is 50.9 Å². The molecule has 0 spiro atoms. The van der Waals surface area contributed by atoms with Crippen molar-refractivity contribution >= 4 is 51.0 Å². The first-order valence-electron chi connectivity index (χ1n) is 29.0. The van der Waals surface area contributed by atoms with E-state index in [4.69, 9.17) is 0 Å². The van der Waals surface area contributed by atoms with Crippen LogP contribution in [0.2, 0.25) is 0 Å². The molecule has 0 N–H and O–H groups in total. The SMILES string of the molecule is C=Cc1ccc(CC(CC)CCCCC2(c3ccccc3)c3ccccc3-c3ccc(N(c4ccc(-c5ccc(F)cc5)cc4)c4ccc(-c5ccc(-c6ccc7c(c6)c6ccccc6n7-c6ccc(C=C)cc6)cc5)cc4)cc32)cc1. The van der Waals surface area contributed by atoms with E-state index < -0.39 is 0 Å². The standard InChI is InChI=1S/C79H65FN2/c1-4-55-23-25-58(26-24-55)52-57(6-3)16-14-15-51-79(65-17-8-7-9-18-65)75-21-12-10-19-71(75)72-49-48-70(54-76(72)79)81(68-46-37-62(38-47-68)60-33-40-66(80)41-34-60)67-44-35-61(36-45-67)59-29-31-63(32-30-59)64-39-50-78-74(53-64)73-20-11-13-22-77(73)82(78)69-42-27-56(5-2)28-43-69/h4-5,7-13,17-50,53-54,57H,1-2,6,14-16,51-52H2,3H3. The van der Waals surface area contributed by atoms with Crippen molar-refractivity contribution in [3.05, 3.63) is 313 Å². The van der Waals surface area contributed by atoms with E-state index >= 15 is 0 Å². The molecule has 13 rings (SSSR count). The van der Waals surface area contributed by atoms with Crippen molar-refractivity contribution in [3.8, 4) is 50.2 Å². The molecule has 82 heavy (non-hydrogen) atoms. The summed E-state index contributed by atoms with van der Waals surface area (Å²) in [5.41, 5.74) is 23.4. The molecule has 0 saturated heterocycles. The van der Waals surface area contributed by atoms with Crippen LogP contribution in [0.5, 0.6) is 0 Å². The summed E-state index contributed by atoms with van der Waals surface area (Å²) in [6, 6.07) is 94.1. The lowest BCUT2D eigenvalue weighted by atomic mass is 9.69. The largest absolute Gasteiger partial charge is 0.310 e. The first-order chi connectivity index (χ1) is 40.4. The monoisotopic (exact) mass is 1060 g/mol. The van der Waals surface area contributed by atoms with Gasteiger partial charge in [-0.2, -0.15) is 0 Å². The zero-order valence-electron chi connectivity index (χ0n) is 46.5. The van der Waals surface area contributed by atoms with E-state index in [9.17, 15) is 4.39 Å². The highest BCUT2D eigenvalue weighted by Gasteiger charge is 2.44. The third-order valence-electron chi connectivity index (χ3n) is 17.4. The highest BCUT2D eigenvalue weighted by Crippen LogP contribution is 2.56. The molecule has 11 aromatic carbocycles. The van der Waals surface area contributed by atoms with Crippen molar-refractivity contribution < 1.29 is 4.39 Å². The lowest BCUT2D eigenvalue weighted by Crippen LogP contribution is -2.27. The molecule has 0 saturated carbocycles. The van der Waals surface area contributed by atoms with E-state index in [1.54, 1.807) is 0 Å². The Hall–Kier alpha value is -9.57. The second-order valence-electron chi connectivity index (χ2n) is 22.1. The minimum absolute atomic E-state index is 0.239. The number of anilines is 3. The normalized spacial score (nSPS) is 13.9. The van der Waals surface area contributed by atoms with Gasteiger partial charge in [0, 0.05) is 38.9 Å². The van der Waals surface area contributed by atoms with E-state index in [1.807, 2.05) is 24.3 Å². The molecule has 1 aliphatic rings. The van der Waals surface area contributed by atoms with E-state index in [2.05, 4.69) is 266 Å². The number of hydrogen-bond acceptors (Lipinski definition) is 1. The summed E-state index contributed by atoms with van der Waals surface area (Å²) in [5.74, 6) is 0.386. The molecule has 0 bridgehead atoms. The summed E-state index contributed by atoms with van der Waals surface area (Å²) in [7, 11) is 0. The fourth-order valence-corrected chi connectivity index (χ4v) is 13.1. The highest BCUT2D eigenvalue weighted by molar-refractivity contribution is 6.10. The second-order valence-corrected chi connectivity index (χ2v) is 22.1. The van der Waals surface area contributed by atoms with Gasteiger partial charge in [0.05, 0.1) is 11.0 Å². The van der Waals surface area contributed by atoms with Gasteiger partial charge < -0.3 is 9.47 Å². The molecule has 12 aromatic rings. The Morgan fingerprint density at radius 2 is 0.988 bits per heavy atom. The predicted molar refractivity (Wildman–Crippen MR) is 346 cm³/mol. The van der Waals surface area contributed by atoms with Crippen LogP contribution in [-0.2, 0) is 11.8 Å². The van der Waals surface area contributed by atoms with Crippen molar-refractivity contribution in [2.24, 2.45) is 5.92 Å². The van der Waals surface area contributed by atoms with Crippen LogP contribution in [0.1, 0.15) is 72.4 Å². The maximum Gasteiger partial charge on any atom is 0.123 e. The van der Waals surface area contributed by atoms with Gasteiger partial charge in [-0.15, -0.1) is 0 Å². The number of para-hydroxylation sites is 1. The average molecular weight is 1060 g/mol. The number of nitrogens with zero attached hydrogens (tertiary/aromatic N) is 2. The van der Waals surface area contributed by atoms with Gasteiger partial charge in [0.25, 0.3) is 0 Å². The van der Waals surface area contributed by atoms with E-state index in [1.165, 1.54) is 90.4 Å². The number of fused-ring (bicyclic) bond motifs is 6. The number of hydrogen-bond donors (Lipinski definition) is 0. The smallest absolute Gasteiger partial charge is 0.123 e. The molecular formula is C79H65FN2. The number of halogens is 1. The predicted octanol–water partition coefficient (Wildman–Crippen LogP) is 21.8. The van der Waals surface area contributed by atoms with Crippen LogP contribution in [0.15, 0.2) is 274 Å². The maximum atomic E-state index is 14.1. The Bertz CT molecular complexity index is 4230. The molecule has 1 heterocycles. The molecule has 1 aliphatic carbocycles. The fourth-order valence-electron chi connectivity index (χ4n) is 13.1. The lowest BCUT2D eigenvalue weighted by Gasteiger charge is -2.34. The summed E-state index contributed by atoms with van der Waals surface area (Å²) in [4.78, 5) is 2.40. The fraction of sp³-hybridized carbons (Fsp3) is 0.114. The van der Waals surface area contributed by atoms with Crippen molar-refractivity contribution in [2.75, 3.05) is 4.90 Å². The Kier molecular flexibility index (Phi) is 14.2. The van der Waals surface area contributed by atoms with Crippen LogP contribution in [0.4, 0.5) is 21.5 Å². The Morgan fingerprint density at radius 3 is 1.63 bits per heavy atom. The summed E-state index contributed by atoms with van der Waals surface area (Å²) < 4.78 is 16.4. The minimum atomic E-state index is -0.345. The van der Waals surface area contributed by atoms with Gasteiger partial charge in [0.1, 0.15) is 5.82 Å². The first kappa shape index (κ1) is 51.8. The molecular weight excluding hydrogens is 996 g/mol. The third kappa shape index (κ3) is 9.77. The summed E-state index contributed by atoms with van der Waals surface area (Å²) in [6.45, 7) is 10.3. The number of rotatable bonds is 18. The molecule has 2 atom stereocenters. The molecule has 0 fully saturated rings. The van der Waals surface area contributed by atoms with Crippen LogP contribution in [0.3, 0.4) is 0 Å². The lowest BCUT2D eigenvalue weighted by molar-refractivity contribution is 0.423. The van der Waals surface area contributed by atoms with Gasteiger partial charge in [-0.05, 0) is 176 Å². The highest BCUT2D eigenvalue weighted by atomic mass is 19.1. The number of benzene rings is 11. The van der Waals surface area contributed by atoms with Gasteiger partial charge >= 0.3 is 0 Å². The van der Waals surface area contributed by atoms with E-state index in [0.717, 1.165) is 82.7 Å². The molecule has 2 nitrogen and oxygen atoms in total. The Labute approximate surface area is 482 Å². The molecule has 1 aromatic heterocycles. The summed E-state index contributed by atoms with van der Waals surface area (Å²) >= 11 is 0. The van der Waals surface area contributed by atoms with Crippen LogP contribution in [-0.4, -0.2) is 4.57 Å². The van der Waals surface area contributed by atoms with Gasteiger partial charge in [-0.25, -0.2) is 4.39 Å².